The first-order valence-corrected chi connectivity index (χ1v) is 8.91. The summed E-state index contributed by atoms with van der Waals surface area (Å²) >= 11 is 0. The Morgan fingerprint density at radius 3 is 2.44 bits per heavy atom. The van der Waals surface area contributed by atoms with Gasteiger partial charge in [0.2, 0.25) is 0 Å². The van der Waals surface area contributed by atoms with Crippen molar-refractivity contribution in [2.45, 2.75) is 43.9 Å². The largest absolute Gasteiger partial charge is 0.348 e. The quantitative estimate of drug-likeness (QED) is 0.663. The molecule has 0 bridgehead atoms. The standard InChI is InChI=1S/C20H21N3O4/c1-19(2)13-20(18(24)21-19)12-17(15-10-6-7-11-16(15)23(25)26)22(27-20)14-8-4-3-5-9-14/h3-11,17H,12-13H2,1-2H3,(H,21,24)/t17-,20+/m1/s1. The van der Waals surface area contributed by atoms with Crippen molar-refractivity contribution < 1.29 is 14.6 Å². The minimum absolute atomic E-state index is 0.0294. The molecule has 0 radical (unpaired) electrons. The summed E-state index contributed by atoms with van der Waals surface area (Å²) in [5.74, 6) is -0.172. The molecule has 2 aliphatic rings. The number of anilines is 1. The van der Waals surface area contributed by atoms with E-state index in [9.17, 15) is 14.9 Å². The summed E-state index contributed by atoms with van der Waals surface area (Å²) in [5, 5.41) is 16.2. The third kappa shape index (κ3) is 2.94. The maximum Gasteiger partial charge on any atom is 0.274 e. The average molecular weight is 367 g/mol. The lowest BCUT2D eigenvalue weighted by Crippen LogP contribution is -2.39. The SMILES string of the molecule is CC1(C)C[C@@]2(C[C@H](c3ccccc3[N+](=O)[O-])N(c3ccccc3)O2)C(=O)N1. The first-order valence-electron chi connectivity index (χ1n) is 8.91. The zero-order valence-electron chi connectivity index (χ0n) is 15.2. The highest BCUT2D eigenvalue weighted by Gasteiger charge is 2.59. The predicted molar refractivity (Wildman–Crippen MR) is 100 cm³/mol. The van der Waals surface area contributed by atoms with Gasteiger partial charge in [0.25, 0.3) is 11.6 Å². The highest BCUT2D eigenvalue weighted by Crippen LogP contribution is 2.50. The molecular weight excluding hydrogens is 346 g/mol. The monoisotopic (exact) mass is 367 g/mol. The molecule has 4 rings (SSSR count). The van der Waals surface area contributed by atoms with Gasteiger partial charge < -0.3 is 5.32 Å². The molecule has 7 nitrogen and oxygen atoms in total. The van der Waals surface area contributed by atoms with E-state index in [1.165, 1.54) is 6.07 Å². The number of carbonyl (C=O) groups excluding carboxylic acids is 1. The van der Waals surface area contributed by atoms with E-state index in [2.05, 4.69) is 5.32 Å². The number of hydroxylamine groups is 1. The first kappa shape index (κ1) is 17.5. The second kappa shape index (κ2) is 6.06. The maximum atomic E-state index is 12.8. The summed E-state index contributed by atoms with van der Waals surface area (Å²) < 4.78 is 0. The minimum Gasteiger partial charge on any atom is -0.348 e. The van der Waals surface area contributed by atoms with Gasteiger partial charge in [-0.05, 0) is 32.0 Å². The second-order valence-corrected chi connectivity index (χ2v) is 7.80. The zero-order valence-corrected chi connectivity index (χ0v) is 15.2. The molecule has 0 saturated carbocycles. The van der Waals surface area contributed by atoms with Crippen molar-refractivity contribution in [3.05, 3.63) is 70.3 Å². The van der Waals surface area contributed by atoms with Gasteiger partial charge in [-0.1, -0.05) is 30.3 Å². The third-order valence-corrected chi connectivity index (χ3v) is 5.18. The smallest absolute Gasteiger partial charge is 0.274 e. The molecule has 0 aliphatic carbocycles. The zero-order chi connectivity index (χ0) is 19.2. The number of rotatable bonds is 3. The Hall–Kier alpha value is -2.93. The molecule has 27 heavy (non-hydrogen) atoms. The van der Waals surface area contributed by atoms with Crippen LogP contribution in [0.5, 0.6) is 0 Å². The van der Waals surface area contributed by atoms with Gasteiger partial charge in [-0.3, -0.25) is 19.7 Å². The molecule has 2 aromatic rings. The summed E-state index contributed by atoms with van der Waals surface area (Å²) in [4.78, 5) is 30.2. The number of amides is 1. The third-order valence-electron chi connectivity index (χ3n) is 5.18. The Labute approximate surface area is 157 Å². The van der Waals surface area contributed by atoms with Gasteiger partial charge in [0.05, 0.1) is 22.2 Å². The number of hydrogen-bond donors (Lipinski definition) is 1. The number of benzene rings is 2. The average Bonchev–Trinajstić information content (AvgIpc) is 3.12. The minimum atomic E-state index is -1.03. The van der Waals surface area contributed by atoms with Gasteiger partial charge in [-0.25, -0.2) is 5.06 Å². The summed E-state index contributed by atoms with van der Waals surface area (Å²) in [6.45, 7) is 3.91. The van der Waals surface area contributed by atoms with Crippen molar-refractivity contribution in [1.82, 2.24) is 5.32 Å². The molecular formula is C20H21N3O4. The van der Waals surface area contributed by atoms with Crippen LogP contribution in [-0.2, 0) is 9.63 Å². The predicted octanol–water partition coefficient (Wildman–Crippen LogP) is 3.52. The Morgan fingerprint density at radius 1 is 1.15 bits per heavy atom. The van der Waals surface area contributed by atoms with Gasteiger partial charge in [0.15, 0.2) is 5.60 Å². The van der Waals surface area contributed by atoms with Gasteiger partial charge >= 0.3 is 0 Å². The van der Waals surface area contributed by atoms with E-state index in [1.54, 1.807) is 23.3 Å². The topological polar surface area (TPSA) is 84.7 Å². The van der Waals surface area contributed by atoms with Crippen molar-refractivity contribution in [3.63, 3.8) is 0 Å². The van der Waals surface area contributed by atoms with Crippen LogP contribution in [0.2, 0.25) is 0 Å². The van der Waals surface area contributed by atoms with E-state index in [0.29, 0.717) is 18.4 Å². The summed E-state index contributed by atoms with van der Waals surface area (Å²) in [5.41, 5.74) is -0.0949. The number of nitrogens with one attached hydrogen (secondary N) is 1. The molecule has 2 heterocycles. The van der Waals surface area contributed by atoms with Crippen LogP contribution in [0.1, 0.15) is 38.3 Å². The Balaban J connectivity index is 1.81. The van der Waals surface area contributed by atoms with Crippen LogP contribution in [0, 0.1) is 10.1 Å². The number of carbonyl (C=O) groups is 1. The number of nitrogens with zero attached hydrogens (tertiary/aromatic N) is 2. The normalized spacial score (nSPS) is 26.4. The van der Waals surface area contributed by atoms with Crippen LogP contribution < -0.4 is 10.4 Å². The van der Waals surface area contributed by atoms with Gasteiger partial charge in [0.1, 0.15) is 0 Å². The maximum absolute atomic E-state index is 12.8. The van der Waals surface area contributed by atoms with Gasteiger partial charge in [-0.2, -0.15) is 0 Å². The van der Waals surface area contributed by atoms with Crippen molar-refractivity contribution in [1.29, 1.82) is 0 Å². The number of hydrogen-bond acceptors (Lipinski definition) is 5. The molecule has 2 atom stereocenters. The fourth-order valence-corrected chi connectivity index (χ4v) is 4.16. The number of para-hydroxylation sites is 2. The molecule has 1 N–H and O–H groups in total. The molecule has 2 saturated heterocycles. The van der Waals surface area contributed by atoms with Crippen LogP contribution in [0.25, 0.3) is 0 Å². The van der Waals surface area contributed by atoms with E-state index >= 15 is 0 Å². The van der Waals surface area contributed by atoms with Crippen LogP contribution in [0.15, 0.2) is 54.6 Å². The molecule has 1 amide bonds. The van der Waals surface area contributed by atoms with E-state index in [0.717, 1.165) is 5.69 Å². The molecule has 1 spiro atoms. The summed E-state index contributed by atoms with van der Waals surface area (Å²) in [7, 11) is 0. The van der Waals surface area contributed by atoms with E-state index < -0.39 is 17.2 Å². The second-order valence-electron chi connectivity index (χ2n) is 7.80. The lowest BCUT2D eigenvalue weighted by atomic mass is 9.86. The van der Waals surface area contributed by atoms with Crippen molar-refractivity contribution in [2.75, 3.05) is 5.06 Å². The highest BCUT2D eigenvalue weighted by molar-refractivity contribution is 5.89. The van der Waals surface area contributed by atoms with Crippen LogP contribution in [0.4, 0.5) is 11.4 Å². The fraction of sp³-hybridized carbons (Fsp3) is 0.350. The van der Waals surface area contributed by atoms with E-state index in [4.69, 9.17) is 4.84 Å². The van der Waals surface area contributed by atoms with Crippen molar-refractivity contribution in [3.8, 4) is 0 Å². The van der Waals surface area contributed by atoms with Crippen LogP contribution in [0.3, 0.4) is 0 Å². The first-order chi connectivity index (χ1) is 12.8. The van der Waals surface area contributed by atoms with Gasteiger partial charge in [0, 0.05) is 24.4 Å². The van der Waals surface area contributed by atoms with Crippen molar-refractivity contribution >= 4 is 17.3 Å². The van der Waals surface area contributed by atoms with Crippen molar-refractivity contribution in [2.24, 2.45) is 0 Å². The number of nitro benzene ring substituents is 1. The van der Waals surface area contributed by atoms with E-state index in [-0.39, 0.29) is 16.5 Å². The van der Waals surface area contributed by atoms with Crippen LogP contribution in [-0.4, -0.2) is 22.0 Å². The molecule has 0 aromatic heterocycles. The Morgan fingerprint density at radius 2 is 1.81 bits per heavy atom. The lowest BCUT2D eigenvalue weighted by Gasteiger charge is -2.26. The molecule has 2 aliphatic heterocycles. The van der Waals surface area contributed by atoms with E-state index in [1.807, 2.05) is 44.2 Å². The molecule has 2 fully saturated rings. The fourth-order valence-electron chi connectivity index (χ4n) is 4.16. The lowest BCUT2D eigenvalue weighted by molar-refractivity contribution is -0.385. The summed E-state index contributed by atoms with van der Waals surface area (Å²) in [6.07, 6.45) is 0.849. The molecule has 0 unspecified atom stereocenters. The summed E-state index contributed by atoms with van der Waals surface area (Å²) in [6, 6.07) is 15.6. The highest BCUT2D eigenvalue weighted by atomic mass is 16.7. The Bertz CT molecular complexity index is 899. The molecule has 7 heteroatoms. The molecule has 2 aromatic carbocycles. The number of nitro groups is 1. The van der Waals surface area contributed by atoms with Gasteiger partial charge in [-0.15, -0.1) is 0 Å². The van der Waals surface area contributed by atoms with Crippen LogP contribution >= 0.6 is 0 Å². The molecule has 140 valence electrons. The Kier molecular flexibility index (Phi) is 3.92.